The van der Waals surface area contributed by atoms with Crippen LogP contribution in [-0.2, 0) is 4.57 Å². The molecule has 0 aliphatic carbocycles. The van der Waals surface area contributed by atoms with E-state index in [0.29, 0.717) is 11.0 Å². The largest absolute Gasteiger partial charge is 0.399 e. The summed E-state index contributed by atoms with van der Waals surface area (Å²) in [6.07, 6.45) is 0. The number of likely N-dealkylation sites (N-methyl/N-ethyl adjacent to an activating group) is 1. The summed E-state index contributed by atoms with van der Waals surface area (Å²) < 4.78 is 10.3. The Balaban J connectivity index is 0.000000288. The van der Waals surface area contributed by atoms with E-state index in [1.165, 1.54) is 0 Å². The van der Waals surface area contributed by atoms with Crippen molar-refractivity contribution >= 4 is 13.6 Å². The molecule has 1 aromatic carbocycles. The van der Waals surface area contributed by atoms with Gasteiger partial charge in [-0.15, -0.1) is 0 Å². The molecule has 0 unspecified atom stereocenters. The van der Waals surface area contributed by atoms with Gasteiger partial charge in [-0.3, -0.25) is 0 Å². The SMILES string of the molecule is C[N+](C)(C#P=O)CCO.Nc1ccccc1. The Morgan fingerprint density at radius 3 is 2.25 bits per heavy atom. The minimum absolute atomic E-state index is 0.0928. The minimum Gasteiger partial charge on any atom is -0.399 e. The molecule has 0 atom stereocenters. The number of hydrogen-bond donors (Lipinski definition) is 2. The summed E-state index contributed by atoms with van der Waals surface area (Å²) in [5.41, 5.74) is 6.18. The first-order valence-electron chi connectivity index (χ1n) is 4.86. The van der Waals surface area contributed by atoms with E-state index < -0.39 is 0 Å². The van der Waals surface area contributed by atoms with Crippen LogP contribution >= 0.6 is 7.92 Å². The van der Waals surface area contributed by atoms with Crippen molar-refractivity contribution in [3.05, 3.63) is 30.3 Å². The molecule has 0 amide bonds. The van der Waals surface area contributed by atoms with Gasteiger partial charge in [0.25, 0.3) is 0 Å². The van der Waals surface area contributed by atoms with Crippen molar-refractivity contribution in [3.63, 3.8) is 0 Å². The predicted molar refractivity (Wildman–Crippen MR) is 66.4 cm³/mol. The van der Waals surface area contributed by atoms with E-state index in [2.05, 4.69) is 5.75 Å². The average molecular weight is 241 g/mol. The van der Waals surface area contributed by atoms with E-state index in [1.54, 1.807) is 0 Å². The van der Waals surface area contributed by atoms with Gasteiger partial charge in [-0.25, -0.2) is 0 Å². The first-order valence-corrected chi connectivity index (χ1v) is 5.67. The van der Waals surface area contributed by atoms with E-state index in [1.807, 2.05) is 44.4 Å². The van der Waals surface area contributed by atoms with E-state index in [0.717, 1.165) is 5.69 Å². The first kappa shape index (κ1) is 14.9. The zero-order valence-electron chi connectivity index (χ0n) is 9.63. The maximum atomic E-state index is 9.98. The second-order valence-corrected chi connectivity index (χ2v) is 4.12. The van der Waals surface area contributed by atoms with Crippen LogP contribution in [0.15, 0.2) is 30.3 Å². The van der Waals surface area contributed by atoms with Gasteiger partial charge >= 0.3 is 55.1 Å². The summed E-state index contributed by atoms with van der Waals surface area (Å²) in [5, 5.41) is 8.47. The van der Waals surface area contributed by atoms with Crippen molar-refractivity contribution < 1.29 is 14.2 Å². The molecule has 16 heavy (non-hydrogen) atoms. The van der Waals surface area contributed by atoms with Crippen LogP contribution in [0.1, 0.15) is 0 Å². The van der Waals surface area contributed by atoms with Gasteiger partial charge in [0, 0.05) is 5.69 Å². The Morgan fingerprint density at radius 1 is 1.38 bits per heavy atom. The number of hydrogen-bond acceptors (Lipinski definition) is 3. The van der Waals surface area contributed by atoms with Crippen LogP contribution in [-0.4, -0.2) is 36.8 Å². The fourth-order valence-electron chi connectivity index (χ4n) is 0.864. The van der Waals surface area contributed by atoms with E-state index >= 15 is 0 Å². The van der Waals surface area contributed by atoms with E-state index in [4.69, 9.17) is 10.8 Å². The summed E-state index contributed by atoms with van der Waals surface area (Å²) in [4.78, 5) is 0. The van der Waals surface area contributed by atoms with Crippen molar-refractivity contribution in [2.45, 2.75) is 0 Å². The van der Waals surface area contributed by atoms with Crippen LogP contribution in [0.4, 0.5) is 5.69 Å². The fourth-order valence-corrected chi connectivity index (χ4v) is 1.18. The molecule has 0 spiro atoms. The van der Waals surface area contributed by atoms with Gasteiger partial charge in [-0.1, -0.05) is 18.2 Å². The van der Waals surface area contributed by atoms with Crippen LogP contribution in [0, 0.1) is 5.75 Å². The molecular formula is C11H18N2O2P+. The molecule has 0 aliphatic heterocycles. The van der Waals surface area contributed by atoms with Crippen molar-refractivity contribution in [2.75, 3.05) is 33.0 Å². The molecule has 4 nitrogen and oxygen atoms in total. The number of rotatable bonds is 2. The molecule has 0 heterocycles. The normalized spacial score (nSPS) is 9.69. The topological polar surface area (TPSA) is 63.3 Å². The molecule has 3 N–H and O–H groups in total. The predicted octanol–water partition coefficient (Wildman–Crippen LogP) is 1.53. The molecular weight excluding hydrogens is 223 g/mol. The van der Waals surface area contributed by atoms with Gasteiger partial charge in [0.05, 0.1) is 0 Å². The zero-order chi connectivity index (χ0) is 12.4. The first-order chi connectivity index (χ1) is 7.52. The number of nitrogens with two attached hydrogens (primary N) is 1. The Morgan fingerprint density at radius 2 is 1.94 bits per heavy atom. The summed E-state index contributed by atoms with van der Waals surface area (Å²) >= 11 is 0. The molecule has 0 aromatic heterocycles. The van der Waals surface area contributed by atoms with Crippen LogP contribution < -0.4 is 5.73 Å². The third kappa shape index (κ3) is 8.27. The van der Waals surface area contributed by atoms with E-state index in [-0.39, 0.29) is 14.5 Å². The summed E-state index contributed by atoms with van der Waals surface area (Å²) in [6.45, 7) is 0.644. The average Bonchev–Trinajstić information content (AvgIpc) is 2.19. The Kier molecular flexibility index (Phi) is 7.61. The summed E-state index contributed by atoms with van der Waals surface area (Å²) in [7, 11) is 3.54. The Bertz CT molecular complexity index is 387. The Labute approximate surface area is 97.4 Å². The van der Waals surface area contributed by atoms with Crippen LogP contribution in [0.2, 0.25) is 0 Å². The number of anilines is 1. The summed E-state index contributed by atoms with van der Waals surface area (Å²) in [5.74, 6) is 2.62. The van der Waals surface area contributed by atoms with Gasteiger partial charge in [0.2, 0.25) is 0 Å². The third-order valence-corrected chi connectivity index (χ3v) is 2.39. The number of nitrogen functional groups attached to an aromatic ring is 1. The number of aliphatic hydroxyl groups excluding tert-OH is 1. The van der Waals surface area contributed by atoms with Gasteiger partial charge in [-0.05, 0) is 12.1 Å². The Hall–Kier alpha value is -1.05. The third-order valence-electron chi connectivity index (χ3n) is 1.77. The molecule has 0 bridgehead atoms. The maximum Gasteiger partial charge on any atom is 0.0313 e. The fraction of sp³-hybridized carbons (Fsp3) is 0.364. The quantitative estimate of drug-likeness (QED) is 0.469. The van der Waals surface area contributed by atoms with Crippen molar-refractivity contribution in [1.29, 1.82) is 0 Å². The number of nitrogens with zero attached hydrogens (tertiary/aromatic N) is 1. The zero-order valence-corrected chi connectivity index (χ0v) is 10.5. The van der Waals surface area contributed by atoms with Crippen molar-refractivity contribution in [1.82, 2.24) is 0 Å². The smallest absolute Gasteiger partial charge is 0.0313 e. The monoisotopic (exact) mass is 241 g/mol. The van der Waals surface area contributed by atoms with Crippen LogP contribution in [0.3, 0.4) is 0 Å². The molecule has 0 fully saturated rings. The molecule has 1 rings (SSSR count). The second kappa shape index (κ2) is 8.14. The molecule has 0 saturated carbocycles. The van der Waals surface area contributed by atoms with Crippen molar-refractivity contribution in [2.24, 2.45) is 0 Å². The maximum absolute atomic E-state index is 9.98. The number of para-hydroxylation sites is 1. The number of benzene rings is 1. The minimum atomic E-state index is -0.105. The van der Waals surface area contributed by atoms with Gasteiger partial charge in [-0.2, -0.15) is 0 Å². The molecule has 88 valence electrons. The summed E-state index contributed by atoms with van der Waals surface area (Å²) in [6, 6.07) is 9.49. The second-order valence-electron chi connectivity index (χ2n) is 3.73. The number of aliphatic hydroxyl groups is 1. The van der Waals surface area contributed by atoms with Crippen LogP contribution in [0.5, 0.6) is 0 Å². The molecule has 0 saturated heterocycles. The van der Waals surface area contributed by atoms with Crippen LogP contribution in [0.25, 0.3) is 0 Å². The molecule has 0 radical (unpaired) electrons. The van der Waals surface area contributed by atoms with E-state index in [9.17, 15) is 4.57 Å². The van der Waals surface area contributed by atoms with Gasteiger partial charge < -0.3 is 5.73 Å². The standard InChI is InChI=1S/C6H7N.C5H11NO2P/c7-6-4-2-1-3-5-6;1-6(2,3-4-7)5-9-8/h1-5H,7H2;7H,3-4H2,1-2H3/q;+1. The number of quaternary nitrogens is 1. The van der Waals surface area contributed by atoms with Crippen molar-refractivity contribution in [3.8, 4) is 5.75 Å². The molecule has 0 aliphatic rings. The molecule has 5 heteroatoms. The molecule has 1 aromatic rings. The van der Waals surface area contributed by atoms with Gasteiger partial charge in [0.15, 0.2) is 0 Å². The van der Waals surface area contributed by atoms with Gasteiger partial charge in [0.1, 0.15) is 0 Å².